The minimum absolute atomic E-state index is 0.0688. The highest BCUT2D eigenvalue weighted by molar-refractivity contribution is 5.82. The van der Waals surface area contributed by atoms with E-state index in [9.17, 15) is 4.79 Å². The molecule has 1 N–H and O–H groups in total. The first-order valence-electron chi connectivity index (χ1n) is 7.71. The van der Waals surface area contributed by atoms with Crippen LogP contribution in [0.5, 0.6) is 0 Å². The molecule has 112 valence electrons. The van der Waals surface area contributed by atoms with E-state index in [0.717, 1.165) is 48.8 Å². The van der Waals surface area contributed by atoms with Gasteiger partial charge in [0.05, 0.1) is 24.5 Å². The van der Waals surface area contributed by atoms with Crippen LogP contribution >= 0.6 is 0 Å². The smallest absolute Gasteiger partial charge is 0.359 e. The van der Waals surface area contributed by atoms with Crippen LogP contribution in [-0.2, 0) is 11.2 Å². The third-order valence-electron chi connectivity index (χ3n) is 4.17. The summed E-state index contributed by atoms with van der Waals surface area (Å²) in [6.07, 6.45) is 15.3. The molecule has 1 atom stereocenters. The van der Waals surface area contributed by atoms with Crippen LogP contribution in [0.2, 0.25) is 0 Å². The maximum atomic E-state index is 12.8. The van der Waals surface area contributed by atoms with Crippen LogP contribution in [0.1, 0.15) is 35.4 Å². The Balaban J connectivity index is 1.68. The van der Waals surface area contributed by atoms with Gasteiger partial charge < -0.3 is 4.74 Å². The van der Waals surface area contributed by atoms with Crippen molar-refractivity contribution in [2.45, 2.75) is 31.7 Å². The third kappa shape index (κ3) is 2.22. The van der Waals surface area contributed by atoms with Crippen molar-refractivity contribution in [3.63, 3.8) is 0 Å². The van der Waals surface area contributed by atoms with Crippen molar-refractivity contribution < 1.29 is 14.1 Å². The molecule has 1 aromatic heterocycles. The first kappa shape index (κ1) is 13.2. The Labute approximate surface area is 129 Å². The van der Waals surface area contributed by atoms with Crippen molar-refractivity contribution in [2.75, 3.05) is 11.9 Å². The zero-order chi connectivity index (χ0) is 14.9. The summed E-state index contributed by atoms with van der Waals surface area (Å²) in [4.78, 5) is 17.3. The fourth-order valence-electron chi connectivity index (χ4n) is 3.09. The average molecular weight is 296 g/mol. The van der Waals surface area contributed by atoms with E-state index >= 15 is 0 Å². The highest BCUT2D eigenvalue weighted by Crippen LogP contribution is 2.22. The molecule has 0 saturated carbocycles. The molecule has 0 bridgehead atoms. The van der Waals surface area contributed by atoms with Crippen LogP contribution in [0.3, 0.4) is 0 Å². The van der Waals surface area contributed by atoms with E-state index in [1.54, 1.807) is 10.8 Å². The van der Waals surface area contributed by atoms with E-state index < -0.39 is 0 Å². The normalized spacial score (nSPS) is 23.7. The second-order valence-electron chi connectivity index (χ2n) is 5.67. The van der Waals surface area contributed by atoms with Crippen molar-refractivity contribution in [2.24, 2.45) is 0 Å². The van der Waals surface area contributed by atoms with Gasteiger partial charge in [-0.2, -0.15) is 4.57 Å². The number of nitrogens with one attached hydrogen (secondary N) is 1. The molecule has 3 heterocycles. The molecule has 0 saturated heterocycles. The lowest BCUT2D eigenvalue weighted by Crippen LogP contribution is -2.46. The zero-order valence-corrected chi connectivity index (χ0v) is 12.3. The molecule has 0 spiro atoms. The molecule has 5 heteroatoms. The SMILES string of the molecule is O=C1C(CC2=CCCO2)Nc2cnc3c([n+]21)C=CC/C=C/C3. The quantitative estimate of drug-likeness (QED) is 0.670. The van der Waals surface area contributed by atoms with E-state index in [0.29, 0.717) is 6.42 Å². The Hall–Kier alpha value is -2.43. The number of ether oxygens (including phenoxy) is 1. The average Bonchev–Trinajstić information content (AvgIpc) is 3.09. The minimum atomic E-state index is -0.271. The standard InChI is InChI=1S/C17H17N3O2/c21-17-14(10-12-6-5-9-22-12)19-16-11-18-13-7-3-1-2-4-8-15(13)20(16)17/h1,3-4,6,8,11,14H,2,5,7,9-10H2/p+1/b3-1+,8-4?. The molecule has 0 amide bonds. The second-order valence-corrected chi connectivity index (χ2v) is 5.67. The number of allylic oxidation sites excluding steroid dienone is 3. The summed E-state index contributed by atoms with van der Waals surface area (Å²) in [6, 6.07) is -0.271. The van der Waals surface area contributed by atoms with Crippen LogP contribution in [-0.4, -0.2) is 23.5 Å². The summed E-state index contributed by atoms with van der Waals surface area (Å²) in [7, 11) is 0. The first-order valence-corrected chi connectivity index (χ1v) is 7.71. The number of anilines is 1. The third-order valence-corrected chi connectivity index (χ3v) is 4.17. The van der Waals surface area contributed by atoms with Gasteiger partial charge in [0.25, 0.3) is 0 Å². The molecule has 0 radical (unpaired) electrons. The van der Waals surface area contributed by atoms with Gasteiger partial charge in [0.1, 0.15) is 6.20 Å². The number of hydrogen-bond acceptors (Lipinski definition) is 4. The van der Waals surface area contributed by atoms with E-state index in [1.807, 2.05) is 6.08 Å². The molecule has 2 aliphatic heterocycles. The fourth-order valence-corrected chi connectivity index (χ4v) is 3.09. The Morgan fingerprint density at radius 3 is 3.18 bits per heavy atom. The number of nitrogens with zero attached hydrogens (tertiary/aromatic N) is 2. The maximum absolute atomic E-state index is 12.8. The Kier molecular flexibility index (Phi) is 3.25. The number of rotatable bonds is 2. The van der Waals surface area contributed by atoms with Crippen LogP contribution in [0, 0.1) is 0 Å². The number of hydrogen-bond donors (Lipinski definition) is 1. The van der Waals surface area contributed by atoms with Gasteiger partial charge in [-0.1, -0.05) is 18.2 Å². The van der Waals surface area contributed by atoms with Crippen molar-refractivity contribution in [3.8, 4) is 0 Å². The topological polar surface area (TPSA) is 55.1 Å². The van der Waals surface area contributed by atoms with Gasteiger partial charge in [-0.05, 0) is 18.6 Å². The van der Waals surface area contributed by atoms with Crippen molar-refractivity contribution in [1.82, 2.24) is 4.98 Å². The number of carbonyl (C=O) groups excluding carboxylic acids is 1. The summed E-state index contributed by atoms with van der Waals surface area (Å²) >= 11 is 0. The molecule has 3 aliphatic rings. The van der Waals surface area contributed by atoms with E-state index in [1.165, 1.54) is 0 Å². The van der Waals surface area contributed by atoms with Gasteiger partial charge in [0.15, 0.2) is 5.69 Å². The van der Waals surface area contributed by atoms with Crippen LogP contribution < -0.4 is 9.88 Å². The van der Waals surface area contributed by atoms with Gasteiger partial charge in [0.2, 0.25) is 6.04 Å². The van der Waals surface area contributed by atoms with Crippen LogP contribution in [0.4, 0.5) is 5.82 Å². The monoisotopic (exact) mass is 296 g/mol. The number of carbonyl (C=O) groups is 1. The van der Waals surface area contributed by atoms with Gasteiger partial charge in [-0.3, -0.25) is 5.32 Å². The number of fused-ring (bicyclic) bond motifs is 3. The predicted octanol–water partition coefficient (Wildman–Crippen LogP) is 2.01. The molecule has 1 aromatic rings. The summed E-state index contributed by atoms with van der Waals surface area (Å²) in [6.45, 7) is 0.725. The maximum Gasteiger partial charge on any atom is 0.359 e. The first-order chi connectivity index (χ1) is 10.8. The second kappa shape index (κ2) is 5.40. The Morgan fingerprint density at radius 2 is 2.32 bits per heavy atom. The van der Waals surface area contributed by atoms with Crippen molar-refractivity contribution in [3.05, 3.63) is 47.6 Å². The van der Waals surface area contributed by atoms with Crippen LogP contribution in [0.25, 0.3) is 6.08 Å². The molecule has 1 unspecified atom stereocenters. The summed E-state index contributed by atoms with van der Waals surface area (Å²) in [5.41, 5.74) is 1.83. The molecule has 0 fully saturated rings. The lowest BCUT2D eigenvalue weighted by Gasteiger charge is -2.06. The summed E-state index contributed by atoms with van der Waals surface area (Å²) in [5.74, 6) is 1.74. The molecule has 4 rings (SSSR count). The zero-order valence-electron chi connectivity index (χ0n) is 12.3. The van der Waals surface area contributed by atoms with Crippen molar-refractivity contribution in [1.29, 1.82) is 0 Å². The minimum Gasteiger partial charge on any atom is -0.498 e. The van der Waals surface area contributed by atoms with E-state index in [2.05, 4.69) is 34.6 Å². The summed E-state index contributed by atoms with van der Waals surface area (Å²) < 4.78 is 7.29. The molecular formula is C17H18N3O2+. The van der Waals surface area contributed by atoms with Gasteiger partial charge >= 0.3 is 11.7 Å². The lowest BCUT2D eigenvalue weighted by molar-refractivity contribution is -0.555. The predicted molar refractivity (Wildman–Crippen MR) is 82.2 cm³/mol. The number of aromatic nitrogens is 2. The Bertz CT molecular complexity index is 719. The summed E-state index contributed by atoms with van der Waals surface area (Å²) in [5, 5.41) is 3.28. The highest BCUT2D eigenvalue weighted by atomic mass is 16.5. The van der Waals surface area contributed by atoms with Gasteiger partial charge in [-0.15, -0.1) is 0 Å². The fraction of sp³-hybridized carbons (Fsp3) is 0.353. The lowest BCUT2D eigenvalue weighted by atomic mass is 10.1. The Morgan fingerprint density at radius 1 is 1.36 bits per heavy atom. The molecule has 22 heavy (non-hydrogen) atoms. The van der Waals surface area contributed by atoms with E-state index in [4.69, 9.17) is 4.74 Å². The molecular weight excluding hydrogens is 278 g/mol. The van der Waals surface area contributed by atoms with Gasteiger partial charge in [-0.25, -0.2) is 9.78 Å². The molecule has 0 aromatic carbocycles. The van der Waals surface area contributed by atoms with Gasteiger partial charge in [0, 0.05) is 12.8 Å². The van der Waals surface area contributed by atoms with E-state index in [-0.39, 0.29) is 11.9 Å². The van der Waals surface area contributed by atoms with Crippen LogP contribution in [0.15, 0.2) is 36.3 Å². The van der Waals surface area contributed by atoms with Crippen molar-refractivity contribution >= 4 is 17.8 Å². The molecule has 1 aliphatic carbocycles. The molecule has 5 nitrogen and oxygen atoms in total. The largest absolute Gasteiger partial charge is 0.498 e. The highest BCUT2D eigenvalue weighted by Gasteiger charge is 2.41.